The predicted molar refractivity (Wildman–Crippen MR) is 122 cm³/mol. The summed E-state index contributed by atoms with van der Waals surface area (Å²) in [7, 11) is 1.66. The fourth-order valence-corrected chi connectivity index (χ4v) is 2.56. The molecule has 28 heavy (non-hydrogen) atoms. The third-order valence-corrected chi connectivity index (χ3v) is 4.14. The minimum atomic E-state index is 0. The van der Waals surface area contributed by atoms with Crippen molar-refractivity contribution in [3.63, 3.8) is 0 Å². The Labute approximate surface area is 182 Å². The number of nitrogens with one attached hydrogen (secondary N) is 1. The molecule has 1 aromatic heterocycles. The molecule has 148 valence electrons. The Morgan fingerprint density at radius 3 is 2.54 bits per heavy atom. The maximum absolute atomic E-state index is 5.93. The minimum absolute atomic E-state index is 0. The number of nitrogens with zero attached hydrogens (tertiary/aromatic N) is 2. The van der Waals surface area contributed by atoms with E-state index >= 15 is 0 Å². The first-order valence-corrected chi connectivity index (χ1v) is 8.82. The molecular weight excluding hydrogens is 467 g/mol. The highest BCUT2D eigenvalue weighted by Crippen LogP contribution is 2.19. The molecule has 3 N–H and O–H groups in total. The second kappa shape index (κ2) is 10.7. The number of aliphatic imine (C=N–C) groups is 1. The monoisotopic (exact) mass is 492 g/mol. The number of methoxy groups -OCH3 is 1. The van der Waals surface area contributed by atoms with Crippen LogP contribution in [0.1, 0.15) is 16.8 Å². The van der Waals surface area contributed by atoms with Gasteiger partial charge in [0.25, 0.3) is 0 Å². The van der Waals surface area contributed by atoms with Gasteiger partial charge in [-0.1, -0.05) is 29.8 Å². The lowest BCUT2D eigenvalue weighted by Gasteiger charge is -2.06. The van der Waals surface area contributed by atoms with Gasteiger partial charge in [-0.3, -0.25) is 0 Å². The molecule has 0 saturated carbocycles. The van der Waals surface area contributed by atoms with E-state index in [1.165, 1.54) is 11.1 Å². The Kier molecular flexibility index (Phi) is 8.31. The van der Waals surface area contributed by atoms with E-state index in [0.29, 0.717) is 24.9 Å². The van der Waals surface area contributed by atoms with Gasteiger partial charge in [0.05, 0.1) is 13.7 Å². The van der Waals surface area contributed by atoms with Crippen molar-refractivity contribution in [3.8, 4) is 17.2 Å². The second-order valence-electron chi connectivity index (χ2n) is 6.24. The Hall–Kier alpha value is -2.55. The fourth-order valence-electron chi connectivity index (χ4n) is 2.56. The van der Waals surface area contributed by atoms with Crippen LogP contribution in [0.25, 0.3) is 11.5 Å². The molecule has 0 radical (unpaired) electrons. The molecule has 0 aliphatic heterocycles. The fraction of sp³-hybridized carbons (Fsp3) is 0.238. The van der Waals surface area contributed by atoms with Crippen LogP contribution >= 0.6 is 24.0 Å². The maximum Gasteiger partial charge on any atom is 0.226 e. The molecule has 3 aromatic rings. The van der Waals surface area contributed by atoms with Crippen molar-refractivity contribution in [1.82, 2.24) is 10.3 Å². The van der Waals surface area contributed by atoms with Crippen LogP contribution in [0, 0.1) is 6.92 Å². The summed E-state index contributed by atoms with van der Waals surface area (Å²) >= 11 is 0. The van der Waals surface area contributed by atoms with Gasteiger partial charge >= 0.3 is 0 Å². The van der Waals surface area contributed by atoms with E-state index in [0.717, 1.165) is 23.4 Å². The number of hydrogen-bond donors (Lipinski definition) is 2. The summed E-state index contributed by atoms with van der Waals surface area (Å²) in [6, 6.07) is 16.0. The van der Waals surface area contributed by atoms with Crippen LogP contribution in [0.15, 0.2) is 64.2 Å². The molecule has 0 aliphatic carbocycles. The van der Waals surface area contributed by atoms with Gasteiger partial charge in [0.1, 0.15) is 17.7 Å². The normalized spacial score (nSPS) is 11.0. The van der Waals surface area contributed by atoms with Crippen molar-refractivity contribution >= 4 is 29.9 Å². The molecular formula is C21H25IN4O2. The zero-order valence-electron chi connectivity index (χ0n) is 16.0. The number of aromatic nitrogens is 1. The lowest BCUT2D eigenvalue weighted by molar-refractivity contribution is 0.414. The van der Waals surface area contributed by atoms with Gasteiger partial charge in [-0.15, -0.1) is 24.0 Å². The van der Waals surface area contributed by atoms with Crippen LogP contribution in [0.2, 0.25) is 0 Å². The van der Waals surface area contributed by atoms with Gasteiger partial charge in [-0.05, 0) is 43.2 Å². The highest BCUT2D eigenvalue weighted by molar-refractivity contribution is 14.0. The molecule has 0 amide bonds. The SMILES string of the molecule is COc1ccc(CCNC(N)=NCc2coc(-c3ccc(C)cc3)n2)cc1.I. The van der Waals surface area contributed by atoms with E-state index in [-0.39, 0.29) is 24.0 Å². The highest BCUT2D eigenvalue weighted by atomic mass is 127. The van der Waals surface area contributed by atoms with Gasteiger partial charge in [0.2, 0.25) is 5.89 Å². The summed E-state index contributed by atoms with van der Waals surface area (Å²) in [4.78, 5) is 8.77. The van der Waals surface area contributed by atoms with Crippen LogP contribution in [0.3, 0.4) is 0 Å². The summed E-state index contributed by atoms with van der Waals surface area (Å²) in [5.74, 6) is 1.83. The molecule has 0 atom stereocenters. The molecule has 2 aromatic carbocycles. The number of oxazole rings is 1. The van der Waals surface area contributed by atoms with E-state index < -0.39 is 0 Å². The van der Waals surface area contributed by atoms with Gasteiger partial charge in [0, 0.05) is 12.1 Å². The molecule has 0 saturated heterocycles. The second-order valence-corrected chi connectivity index (χ2v) is 6.24. The van der Waals surface area contributed by atoms with Gasteiger partial charge in [0.15, 0.2) is 5.96 Å². The van der Waals surface area contributed by atoms with E-state index in [9.17, 15) is 0 Å². The first-order chi connectivity index (χ1) is 13.1. The number of benzene rings is 2. The van der Waals surface area contributed by atoms with Crippen molar-refractivity contribution in [2.24, 2.45) is 10.7 Å². The lowest BCUT2D eigenvalue weighted by Crippen LogP contribution is -2.33. The number of hydrogen-bond acceptors (Lipinski definition) is 4. The number of aryl methyl sites for hydroxylation is 1. The first kappa shape index (κ1) is 21.7. The average Bonchev–Trinajstić information content (AvgIpc) is 3.16. The van der Waals surface area contributed by atoms with Crippen LogP contribution in [-0.4, -0.2) is 24.6 Å². The summed E-state index contributed by atoms with van der Waals surface area (Å²) in [6.45, 7) is 3.12. The topological polar surface area (TPSA) is 85.7 Å². The number of ether oxygens (including phenoxy) is 1. The van der Waals surface area contributed by atoms with Crippen molar-refractivity contribution in [1.29, 1.82) is 0 Å². The number of guanidine groups is 1. The predicted octanol–water partition coefficient (Wildman–Crippen LogP) is 3.92. The largest absolute Gasteiger partial charge is 0.497 e. The van der Waals surface area contributed by atoms with Gasteiger partial charge < -0.3 is 20.2 Å². The van der Waals surface area contributed by atoms with E-state index in [1.54, 1.807) is 13.4 Å². The Morgan fingerprint density at radius 1 is 1.14 bits per heavy atom. The van der Waals surface area contributed by atoms with Crippen LogP contribution in [0.4, 0.5) is 0 Å². The lowest BCUT2D eigenvalue weighted by atomic mass is 10.1. The van der Waals surface area contributed by atoms with Crippen molar-refractivity contribution in [2.75, 3.05) is 13.7 Å². The smallest absolute Gasteiger partial charge is 0.226 e. The van der Waals surface area contributed by atoms with Crippen LogP contribution < -0.4 is 15.8 Å². The Bertz CT molecular complexity index is 890. The quantitative estimate of drug-likeness (QED) is 0.297. The van der Waals surface area contributed by atoms with Crippen LogP contribution in [-0.2, 0) is 13.0 Å². The molecule has 0 fully saturated rings. The number of halogens is 1. The van der Waals surface area contributed by atoms with Crippen molar-refractivity contribution in [3.05, 3.63) is 71.6 Å². The van der Waals surface area contributed by atoms with E-state index in [2.05, 4.69) is 15.3 Å². The third-order valence-electron chi connectivity index (χ3n) is 4.14. The standard InChI is InChI=1S/C21H24N4O2.HI/c1-15-3-7-17(8-4-15)20-25-18(14-27-20)13-24-21(22)23-12-11-16-5-9-19(26-2)10-6-16;/h3-10,14H,11-13H2,1-2H3,(H3,22,23,24);1H. The average molecular weight is 492 g/mol. The Balaban J connectivity index is 0.00000280. The molecule has 1 heterocycles. The number of nitrogens with two attached hydrogens (primary N) is 1. The maximum atomic E-state index is 5.93. The minimum Gasteiger partial charge on any atom is -0.497 e. The summed E-state index contributed by atoms with van der Waals surface area (Å²) < 4.78 is 10.7. The summed E-state index contributed by atoms with van der Waals surface area (Å²) in [5.41, 5.74) is 10.0. The highest BCUT2D eigenvalue weighted by Gasteiger charge is 2.06. The Morgan fingerprint density at radius 2 is 1.86 bits per heavy atom. The molecule has 7 heteroatoms. The molecule has 0 bridgehead atoms. The first-order valence-electron chi connectivity index (χ1n) is 8.82. The molecule has 0 spiro atoms. The van der Waals surface area contributed by atoms with Crippen molar-refractivity contribution in [2.45, 2.75) is 19.9 Å². The summed E-state index contributed by atoms with van der Waals surface area (Å²) in [5, 5.41) is 3.11. The zero-order chi connectivity index (χ0) is 19.1. The van der Waals surface area contributed by atoms with Gasteiger partial charge in [-0.25, -0.2) is 9.98 Å². The van der Waals surface area contributed by atoms with Crippen LogP contribution in [0.5, 0.6) is 5.75 Å². The summed E-state index contributed by atoms with van der Waals surface area (Å²) in [6.07, 6.45) is 2.46. The zero-order valence-corrected chi connectivity index (χ0v) is 18.3. The van der Waals surface area contributed by atoms with E-state index in [1.807, 2.05) is 55.5 Å². The molecule has 0 aliphatic rings. The molecule has 3 rings (SSSR count). The third kappa shape index (κ3) is 6.26. The molecule has 6 nitrogen and oxygen atoms in total. The van der Waals surface area contributed by atoms with Gasteiger partial charge in [-0.2, -0.15) is 0 Å². The molecule has 0 unspecified atom stereocenters. The number of rotatable bonds is 7. The van der Waals surface area contributed by atoms with Crippen molar-refractivity contribution < 1.29 is 9.15 Å². The van der Waals surface area contributed by atoms with E-state index in [4.69, 9.17) is 14.9 Å².